The van der Waals surface area contributed by atoms with Crippen LogP contribution in [0.25, 0.3) is 0 Å². The summed E-state index contributed by atoms with van der Waals surface area (Å²) in [5, 5.41) is 1.83. The number of hydrogen-bond donors (Lipinski definition) is 2. The summed E-state index contributed by atoms with van der Waals surface area (Å²) < 4.78 is 0. The molecule has 1 heterocycles. The summed E-state index contributed by atoms with van der Waals surface area (Å²) in [6.07, 6.45) is 4.65. The van der Waals surface area contributed by atoms with E-state index in [0.717, 1.165) is 12.0 Å². The molecule has 0 aromatic heterocycles. The fourth-order valence-electron chi connectivity index (χ4n) is 2.32. The van der Waals surface area contributed by atoms with E-state index in [1.807, 2.05) is 30.0 Å². The molecule has 1 aromatic carbocycles. The van der Waals surface area contributed by atoms with E-state index in [4.69, 9.17) is 29.0 Å². The Hall–Kier alpha value is 0.0700. The van der Waals surface area contributed by atoms with E-state index in [1.54, 1.807) is 0 Å². The molecule has 1 aliphatic heterocycles. The second-order valence-corrected chi connectivity index (χ2v) is 6.73. The van der Waals surface area contributed by atoms with Gasteiger partial charge in [-0.15, -0.1) is 0 Å². The van der Waals surface area contributed by atoms with E-state index in [2.05, 4.69) is 5.43 Å². The van der Waals surface area contributed by atoms with Gasteiger partial charge in [-0.05, 0) is 36.6 Å². The number of nitrogens with one attached hydrogen (secondary N) is 1. The van der Waals surface area contributed by atoms with Crippen molar-refractivity contribution >= 4 is 35.0 Å². The molecule has 5 heteroatoms. The quantitative estimate of drug-likeness (QED) is 0.658. The molecular formula is C13H18Cl2N2S. The first-order chi connectivity index (χ1) is 8.72. The largest absolute Gasteiger partial charge is 0.271 e. The van der Waals surface area contributed by atoms with Crippen LogP contribution in [0.3, 0.4) is 0 Å². The number of rotatable bonds is 4. The number of thioether (sulfide) groups is 1. The van der Waals surface area contributed by atoms with E-state index in [-0.39, 0.29) is 6.04 Å². The monoisotopic (exact) mass is 304 g/mol. The Kier molecular flexibility index (Phi) is 5.64. The molecule has 2 nitrogen and oxygen atoms in total. The summed E-state index contributed by atoms with van der Waals surface area (Å²) in [6, 6.07) is 6.02. The molecule has 2 rings (SSSR count). The maximum absolute atomic E-state index is 6.23. The average molecular weight is 305 g/mol. The molecule has 1 saturated heterocycles. The predicted molar refractivity (Wildman–Crippen MR) is 81.4 cm³/mol. The minimum absolute atomic E-state index is 0.256. The molecule has 3 N–H and O–H groups in total. The van der Waals surface area contributed by atoms with Crippen LogP contribution >= 0.6 is 35.0 Å². The minimum Gasteiger partial charge on any atom is -0.271 e. The van der Waals surface area contributed by atoms with Gasteiger partial charge in [0.25, 0.3) is 0 Å². The fraction of sp³-hybridized carbons (Fsp3) is 0.538. The van der Waals surface area contributed by atoms with Crippen LogP contribution in [0.15, 0.2) is 18.2 Å². The Morgan fingerprint density at radius 2 is 2.22 bits per heavy atom. The van der Waals surface area contributed by atoms with Gasteiger partial charge in [0, 0.05) is 11.3 Å². The highest BCUT2D eigenvalue weighted by Gasteiger charge is 2.24. The standard InChI is InChI=1S/C13H18Cl2N2S/c14-10-5-3-4-9(13(10)15)8-11(17-16)12-6-1-2-7-18-12/h3-5,11-12,17H,1-2,6-8,16H2. The Labute approximate surface area is 123 Å². The van der Waals surface area contributed by atoms with Gasteiger partial charge in [-0.25, -0.2) is 0 Å². The molecule has 0 spiro atoms. The normalized spacial score (nSPS) is 21.8. The molecule has 0 bridgehead atoms. The smallest absolute Gasteiger partial charge is 0.0624 e. The first-order valence-corrected chi connectivity index (χ1v) is 8.03. The number of benzene rings is 1. The highest BCUT2D eigenvalue weighted by atomic mass is 35.5. The van der Waals surface area contributed by atoms with Crippen LogP contribution in [0.5, 0.6) is 0 Å². The molecule has 18 heavy (non-hydrogen) atoms. The average Bonchev–Trinajstić information content (AvgIpc) is 2.41. The second kappa shape index (κ2) is 7.01. The van der Waals surface area contributed by atoms with Gasteiger partial charge in [0.05, 0.1) is 10.0 Å². The zero-order chi connectivity index (χ0) is 13.0. The summed E-state index contributed by atoms with van der Waals surface area (Å²) in [4.78, 5) is 0. The predicted octanol–water partition coefficient (Wildman–Crippen LogP) is 3.65. The Balaban J connectivity index is 2.07. The highest BCUT2D eigenvalue weighted by molar-refractivity contribution is 8.00. The number of nitrogens with two attached hydrogens (primary N) is 1. The lowest BCUT2D eigenvalue weighted by atomic mass is 10.00. The van der Waals surface area contributed by atoms with E-state index in [0.29, 0.717) is 15.3 Å². The van der Waals surface area contributed by atoms with E-state index >= 15 is 0 Å². The van der Waals surface area contributed by atoms with Crippen LogP contribution in [-0.4, -0.2) is 17.0 Å². The van der Waals surface area contributed by atoms with Gasteiger partial charge < -0.3 is 0 Å². The third-order valence-electron chi connectivity index (χ3n) is 3.35. The van der Waals surface area contributed by atoms with Crippen molar-refractivity contribution in [1.82, 2.24) is 5.43 Å². The van der Waals surface area contributed by atoms with Crippen LogP contribution < -0.4 is 11.3 Å². The van der Waals surface area contributed by atoms with E-state index < -0.39 is 0 Å². The van der Waals surface area contributed by atoms with Crippen molar-refractivity contribution < 1.29 is 0 Å². The maximum Gasteiger partial charge on any atom is 0.0624 e. The van der Waals surface area contributed by atoms with Gasteiger partial charge in [0.1, 0.15) is 0 Å². The van der Waals surface area contributed by atoms with Crippen molar-refractivity contribution in [2.45, 2.75) is 37.0 Å². The van der Waals surface area contributed by atoms with Crippen molar-refractivity contribution in [1.29, 1.82) is 0 Å². The Morgan fingerprint density at radius 1 is 1.39 bits per heavy atom. The molecular weight excluding hydrogens is 287 g/mol. The van der Waals surface area contributed by atoms with Gasteiger partial charge in [0.15, 0.2) is 0 Å². The molecule has 0 saturated carbocycles. The van der Waals surface area contributed by atoms with Crippen molar-refractivity contribution in [3.63, 3.8) is 0 Å². The van der Waals surface area contributed by atoms with Crippen molar-refractivity contribution in [2.24, 2.45) is 5.84 Å². The lowest BCUT2D eigenvalue weighted by molar-refractivity contribution is 0.472. The molecule has 100 valence electrons. The Morgan fingerprint density at radius 3 is 2.89 bits per heavy atom. The second-order valence-electron chi connectivity index (χ2n) is 4.60. The molecule has 1 aromatic rings. The number of hydrogen-bond acceptors (Lipinski definition) is 3. The SMILES string of the molecule is NNC(Cc1cccc(Cl)c1Cl)C1CCCCS1. The van der Waals surface area contributed by atoms with Gasteiger partial charge >= 0.3 is 0 Å². The lowest BCUT2D eigenvalue weighted by Crippen LogP contribution is -2.45. The zero-order valence-electron chi connectivity index (χ0n) is 10.2. The van der Waals surface area contributed by atoms with Gasteiger partial charge in [-0.1, -0.05) is 41.8 Å². The van der Waals surface area contributed by atoms with E-state index in [9.17, 15) is 0 Å². The number of hydrazine groups is 1. The van der Waals surface area contributed by atoms with Gasteiger partial charge in [-0.2, -0.15) is 11.8 Å². The molecule has 2 atom stereocenters. The van der Waals surface area contributed by atoms with Crippen molar-refractivity contribution in [3.8, 4) is 0 Å². The van der Waals surface area contributed by atoms with Gasteiger partial charge in [-0.3, -0.25) is 11.3 Å². The Bertz CT molecular complexity index is 395. The van der Waals surface area contributed by atoms with Crippen molar-refractivity contribution in [2.75, 3.05) is 5.75 Å². The molecule has 1 fully saturated rings. The van der Waals surface area contributed by atoms with Crippen LogP contribution in [0.1, 0.15) is 24.8 Å². The molecule has 2 unspecified atom stereocenters. The topological polar surface area (TPSA) is 38.0 Å². The first-order valence-electron chi connectivity index (χ1n) is 6.23. The minimum atomic E-state index is 0.256. The molecule has 0 aliphatic carbocycles. The molecule has 0 amide bonds. The van der Waals surface area contributed by atoms with Gasteiger partial charge in [0.2, 0.25) is 0 Å². The third kappa shape index (κ3) is 3.55. The van der Waals surface area contributed by atoms with E-state index in [1.165, 1.54) is 25.0 Å². The summed E-state index contributed by atoms with van der Waals surface area (Å²) >= 11 is 14.3. The van der Waals surface area contributed by atoms with Crippen LogP contribution in [-0.2, 0) is 6.42 Å². The summed E-state index contributed by atoms with van der Waals surface area (Å²) in [6.45, 7) is 0. The highest BCUT2D eigenvalue weighted by Crippen LogP contribution is 2.31. The summed E-state index contributed by atoms with van der Waals surface area (Å²) in [5.74, 6) is 6.93. The summed E-state index contributed by atoms with van der Waals surface area (Å²) in [5.41, 5.74) is 4.01. The van der Waals surface area contributed by atoms with Crippen LogP contribution in [0, 0.1) is 0 Å². The van der Waals surface area contributed by atoms with Crippen LogP contribution in [0.2, 0.25) is 10.0 Å². The maximum atomic E-state index is 6.23. The zero-order valence-corrected chi connectivity index (χ0v) is 12.5. The molecule has 1 aliphatic rings. The number of halogens is 2. The van der Waals surface area contributed by atoms with Crippen molar-refractivity contribution in [3.05, 3.63) is 33.8 Å². The fourth-order valence-corrected chi connectivity index (χ4v) is 4.13. The first kappa shape index (κ1) is 14.5. The lowest BCUT2D eigenvalue weighted by Gasteiger charge is -2.29. The molecule has 0 radical (unpaired) electrons. The van der Waals surface area contributed by atoms with Crippen LogP contribution in [0.4, 0.5) is 0 Å². The third-order valence-corrected chi connectivity index (χ3v) is 5.72. The summed E-state index contributed by atoms with van der Waals surface area (Å²) in [7, 11) is 0.